The molecule has 3 aromatic carbocycles. The monoisotopic (exact) mass is 524 g/mol. The highest BCUT2D eigenvalue weighted by Gasteiger charge is 2.15. The third-order valence-electron chi connectivity index (χ3n) is 6.84. The third-order valence-corrected chi connectivity index (χ3v) is 7.09. The summed E-state index contributed by atoms with van der Waals surface area (Å²) in [6.45, 7) is 4.74. The predicted octanol–water partition coefficient (Wildman–Crippen LogP) is 7.31. The zero-order valence-corrected chi connectivity index (χ0v) is 22.7. The summed E-state index contributed by atoms with van der Waals surface area (Å²) in [6, 6.07) is 28.4. The van der Waals surface area contributed by atoms with Crippen molar-refractivity contribution in [3.05, 3.63) is 118 Å². The number of nitrogens with zero attached hydrogens (tertiary/aromatic N) is 4. The Balaban J connectivity index is 1.46. The molecule has 2 aromatic heterocycles. The molecular weight excluding hydrogens is 492 g/mol. The SMILES string of the molecule is CCCCCn1c(-c2ccc(CN(C)Cc3ccccc3)cc2)cc(=O)n2cc(-c3ccc(Cl)cc3)nc12. The average molecular weight is 525 g/mol. The number of rotatable bonds is 10. The normalized spacial score (nSPS) is 11.5. The molecule has 0 N–H and O–H groups in total. The first-order chi connectivity index (χ1) is 18.5. The Hall–Kier alpha value is -3.67. The summed E-state index contributed by atoms with van der Waals surface area (Å²) in [5.41, 5.74) is 6.07. The molecular formula is C32H33ClN4O. The van der Waals surface area contributed by atoms with E-state index in [1.165, 1.54) is 11.1 Å². The maximum atomic E-state index is 13.2. The van der Waals surface area contributed by atoms with Gasteiger partial charge in [0.2, 0.25) is 5.78 Å². The largest absolute Gasteiger partial charge is 0.311 e. The number of aromatic nitrogens is 3. The molecule has 0 fully saturated rings. The van der Waals surface area contributed by atoms with Crippen LogP contribution >= 0.6 is 11.6 Å². The molecule has 0 aliphatic rings. The van der Waals surface area contributed by atoms with Crippen molar-refractivity contribution in [2.75, 3.05) is 7.05 Å². The predicted molar refractivity (Wildman–Crippen MR) is 156 cm³/mol. The number of hydrogen-bond donors (Lipinski definition) is 0. The minimum absolute atomic E-state index is 0.0823. The van der Waals surface area contributed by atoms with Crippen LogP contribution in [0.3, 0.4) is 0 Å². The van der Waals surface area contributed by atoms with Crippen molar-refractivity contribution in [1.29, 1.82) is 0 Å². The van der Waals surface area contributed by atoms with E-state index in [-0.39, 0.29) is 5.56 Å². The number of unbranched alkanes of at least 4 members (excludes halogenated alkanes) is 2. The van der Waals surface area contributed by atoms with Crippen LogP contribution < -0.4 is 5.56 Å². The summed E-state index contributed by atoms with van der Waals surface area (Å²) < 4.78 is 3.85. The van der Waals surface area contributed by atoms with E-state index in [0.717, 1.165) is 61.4 Å². The van der Waals surface area contributed by atoms with Gasteiger partial charge in [0.05, 0.1) is 11.4 Å². The molecule has 0 radical (unpaired) electrons. The molecule has 194 valence electrons. The molecule has 0 aliphatic heterocycles. The van der Waals surface area contributed by atoms with Gasteiger partial charge in [0.15, 0.2) is 0 Å². The molecule has 5 aromatic rings. The standard InChI is InChI=1S/C32H33ClN4O/c1-3-4-8-19-36-30(20-31(38)37-23-29(34-32(36)37)26-15-17-28(33)18-16-26)27-13-11-25(12-14-27)22-35(2)21-24-9-6-5-7-10-24/h5-7,9-18,20,23H,3-4,8,19,21-22H2,1-2H3. The summed E-state index contributed by atoms with van der Waals surface area (Å²) >= 11 is 6.08. The zero-order chi connectivity index (χ0) is 26.5. The van der Waals surface area contributed by atoms with Gasteiger partial charge in [0.1, 0.15) is 0 Å². The van der Waals surface area contributed by atoms with Gasteiger partial charge in [-0.15, -0.1) is 0 Å². The molecule has 0 bridgehead atoms. The Kier molecular flexibility index (Phi) is 8.06. The first-order valence-electron chi connectivity index (χ1n) is 13.2. The Morgan fingerprint density at radius 3 is 2.18 bits per heavy atom. The van der Waals surface area contributed by atoms with Crippen molar-refractivity contribution in [2.24, 2.45) is 0 Å². The number of aryl methyl sites for hydroxylation is 1. The van der Waals surface area contributed by atoms with Crippen molar-refractivity contribution >= 4 is 17.4 Å². The Labute approximate surface area is 229 Å². The first kappa shape index (κ1) is 26.0. The second-order valence-electron chi connectivity index (χ2n) is 9.88. The molecule has 2 heterocycles. The molecule has 0 spiro atoms. The van der Waals surface area contributed by atoms with E-state index in [1.807, 2.05) is 36.5 Å². The van der Waals surface area contributed by atoms with Gasteiger partial charge < -0.3 is 4.57 Å². The molecule has 5 nitrogen and oxygen atoms in total. The topological polar surface area (TPSA) is 42.5 Å². The van der Waals surface area contributed by atoms with E-state index in [2.05, 4.69) is 72.0 Å². The van der Waals surface area contributed by atoms with Crippen molar-refractivity contribution < 1.29 is 0 Å². The minimum atomic E-state index is -0.0823. The second-order valence-corrected chi connectivity index (χ2v) is 10.3. The van der Waals surface area contributed by atoms with Gasteiger partial charge in [-0.05, 0) is 42.3 Å². The van der Waals surface area contributed by atoms with Gasteiger partial charge in [0, 0.05) is 42.5 Å². The number of fused-ring (bicyclic) bond motifs is 1. The number of benzene rings is 3. The van der Waals surface area contributed by atoms with E-state index in [1.54, 1.807) is 10.5 Å². The van der Waals surface area contributed by atoms with Gasteiger partial charge in [-0.3, -0.25) is 14.1 Å². The van der Waals surface area contributed by atoms with Crippen LogP contribution in [-0.4, -0.2) is 25.9 Å². The number of imidazole rings is 1. The lowest BCUT2D eigenvalue weighted by Crippen LogP contribution is -2.19. The molecule has 0 amide bonds. The summed E-state index contributed by atoms with van der Waals surface area (Å²) in [7, 11) is 2.14. The maximum absolute atomic E-state index is 13.2. The first-order valence-corrected chi connectivity index (χ1v) is 13.6. The van der Waals surface area contributed by atoms with E-state index in [9.17, 15) is 4.79 Å². The van der Waals surface area contributed by atoms with Gasteiger partial charge in [-0.25, -0.2) is 4.98 Å². The highest BCUT2D eigenvalue weighted by atomic mass is 35.5. The van der Waals surface area contributed by atoms with Crippen LogP contribution in [0.15, 0.2) is 95.9 Å². The average Bonchev–Trinajstić information content (AvgIpc) is 3.38. The van der Waals surface area contributed by atoms with Crippen LogP contribution in [0.2, 0.25) is 5.02 Å². The zero-order valence-electron chi connectivity index (χ0n) is 22.0. The second kappa shape index (κ2) is 11.8. The Morgan fingerprint density at radius 2 is 1.50 bits per heavy atom. The number of hydrogen-bond acceptors (Lipinski definition) is 3. The lowest BCUT2D eigenvalue weighted by Gasteiger charge is -2.18. The third kappa shape index (κ3) is 5.90. The van der Waals surface area contributed by atoms with Crippen molar-refractivity contribution in [1.82, 2.24) is 18.9 Å². The van der Waals surface area contributed by atoms with Crippen molar-refractivity contribution in [3.8, 4) is 22.5 Å². The van der Waals surface area contributed by atoms with Crippen LogP contribution in [0.25, 0.3) is 28.3 Å². The summed E-state index contributed by atoms with van der Waals surface area (Å²) in [4.78, 5) is 20.4. The smallest absolute Gasteiger partial charge is 0.259 e. The van der Waals surface area contributed by atoms with Crippen LogP contribution in [0.1, 0.15) is 37.3 Å². The fourth-order valence-electron chi connectivity index (χ4n) is 4.88. The lowest BCUT2D eigenvalue weighted by atomic mass is 10.1. The Morgan fingerprint density at radius 1 is 0.842 bits per heavy atom. The van der Waals surface area contributed by atoms with Crippen molar-refractivity contribution in [3.63, 3.8) is 0 Å². The van der Waals surface area contributed by atoms with E-state index in [0.29, 0.717) is 10.8 Å². The lowest BCUT2D eigenvalue weighted by molar-refractivity contribution is 0.319. The van der Waals surface area contributed by atoms with Crippen LogP contribution in [0.5, 0.6) is 0 Å². The van der Waals surface area contributed by atoms with Gasteiger partial charge in [-0.1, -0.05) is 98.1 Å². The van der Waals surface area contributed by atoms with Crippen molar-refractivity contribution in [2.45, 2.75) is 45.8 Å². The number of halogens is 1. The van der Waals surface area contributed by atoms with Crippen LogP contribution in [0, 0.1) is 0 Å². The van der Waals surface area contributed by atoms with E-state index in [4.69, 9.17) is 16.6 Å². The molecule has 38 heavy (non-hydrogen) atoms. The van der Waals surface area contributed by atoms with Crippen LogP contribution in [-0.2, 0) is 19.6 Å². The van der Waals surface area contributed by atoms with Gasteiger partial charge in [0.25, 0.3) is 5.56 Å². The molecule has 6 heteroatoms. The molecule has 0 saturated heterocycles. The fourth-order valence-corrected chi connectivity index (χ4v) is 5.00. The molecule has 0 unspecified atom stereocenters. The maximum Gasteiger partial charge on any atom is 0.259 e. The fraction of sp³-hybridized carbons (Fsp3) is 0.250. The molecule has 0 aliphatic carbocycles. The van der Waals surface area contributed by atoms with Crippen LogP contribution in [0.4, 0.5) is 0 Å². The van der Waals surface area contributed by atoms with E-state index < -0.39 is 0 Å². The van der Waals surface area contributed by atoms with Gasteiger partial charge >= 0.3 is 0 Å². The molecule has 0 saturated carbocycles. The minimum Gasteiger partial charge on any atom is -0.311 e. The van der Waals surface area contributed by atoms with Gasteiger partial charge in [-0.2, -0.15) is 0 Å². The summed E-state index contributed by atoms with van der Waals surface area (Å²) in [5.74, 6) is 0.667. The van der Waals surface area contributed by atoms with E-state index >= 15 is 0 Å². The highest BCUT2D eigenvalue weighted by Crippen LogP contribution is 2.25. The quantitative estimate of drug-likeness (QED) is 0.180. The highest BCUT2D eigenvalue weighted by molar-refractivity contribution is 6.30. The summed E-state index contributed by atoms with van der Waals surface area (Å²) in [6.07, 6.45) is 5.09. The molecule has 0 atom stereocenters. The molecule has 5 rings (SSSR count). The summed E-state index contributed by atoms with van der Waals surface area (Å²) in [5, 5.41) is 0.675. The Bertz CT molecular complexity index is 1550.